The Labute approximate surface area is 124 Å². The fourth-order valence-corrected chi connectivity index (χ4v) is 1.84. The van der Waals surface area contributed by atoms with Gasteiger partial charge in [-0.2, -0.15) is 22.0 Å². The molecule has 1 radical (unpaired) electrons. The van der Waals surface area contributed by atoms with E-state index in [9.17, 15) is 22.0 Å². The molecule has 0 aliphatic rings. The van der Waals surface area contributed by atoms with Crippen LogP contribution in [0.5, 0.6) is 5.75 Å². The van der Waals surface area contributed by atoms with Crippen LogP contribution in [0.15, 0.2) is 48.5 Å². The quantitative estimate of drug-likeness (QED) is 0.699. The fraction of sp³-hybridized carbons (Fsp3) is 0.188. The lowest BCUT2D eigenvalue weighted by molar-refractivity contribution is -0.360. The summed E-state index contributed by atoms with van der Waals surface area (Å²) in [7, 11) is 0. The van der Waals surface area contributed by atoms with E-state index < -0.39 is 18.0 Å². The Hall–Kier alpha value is -2.11. The van der Waals surface area contributed by atoms with Crippen molar-refractivity contribution < 1.29 is 26.7 Å². The number of alkyl halides is 5. The normalized spacial score (nSPS) is 12.3. The molecule has 0 atom stereocenters. The van der Waals surface area contributed by atoms with Gasteiger partial charge in [-0.15, -0.1) is 0 Å². The van der Waals surface area contributed by atoms with Crippen LogP contribution >= 0.6 is 0 Å². The number of rotatable bonds is 4. The van der Waals surface area contributed by atoms with E-state index in [0.29, 0.717) is 12.0 Å². The largest absolute Gasteiger partial charge is 0.499 e. The van der Waals surface area contributed by atoms with E-state index in [1.807, 2.05) is 0 Å². The van der Waals surface area contributed by atoms with Crippen molar-refractivity contribution in [2.24, 2.45) is 0 Å². The minimum Gasteiger partial charge on any atom is -0.425 e. The maximum Gasteiger partial charge on any atom is 0.499 e. The van der Waals surface area contributed by atoms with E-state index in [4.69, 9.17) is 0 Å². The Bertz CT molecular complexity index is 632. The molecule has 22 heavy (non-hydrogen) atoms. The van der Waals surface area contributed by atoms with Crippen LogP contribution < -0.4 is 4.74 Å². The van der Waals surface area contributed by atoms with Crippen LogP contribution in [0.4, 0.5) is 22.0 Å². The van der Waals surface area contributed by atoms with Crippen LogP contribution in [-0.2, 0) is 6.42 Å². The molecule has 0 N–H and O–H groups in total. The van der Waals surface area contributed by atoms with Gasteiger partial charge < -0.3 is 4.74 Å². The first-order valence-electron chi connectivity index (χ1n) is 6.36. The molecular weight excluding hydrogens is 303 g/mol. The number of ether oxygens (including phenoxy) is 1. The summed E-state index contributed by atoms with van der Waals surface area (Å²) in [5, 5.41) is 0. The highest BCUT2D eigenvalue weighted by Gasteiger charge is 2.61. The predicted octanol–water partition coefficient (Wildman–Crippen LogP) is 5.26. The summed E-state index contributed by atoms with van der Waals surface area (Å²) in [4.78, 5) is 0. The molecule has 0 aromatic heterocycles. The zero-order valence-corrected chi connectivity index (χ0v) is 11.3. The summed E-state index contributed by atoms with van der Waals surface area (Å²) in [6.07, 6.45) is -10.5. The van der Waals surface area contributed by atoms with Gasteiger partial charge >= 0.3 is 12.3 Å². The first kappa shape index (κ1) is 16.3. The van der Waals surface area contributed by atoms with E-state index in [1.165, 1.54) is 18.2 Å². The van der Waals surface area contributed by atoms with Gasteiger partial charge in [0.15, 0.2) is 0 Å². The summed E-state index contributed by atoms with van der Waals surface area (Å²) >= 11 is 0. The Morgan fingerprint density at radius 2 is 1.45 bits per heavy atom. The van der Waals surface area contributed by atoms with Crippen molar-refractivity contribution in [3.63, 3.8) is 0 Å². The summed E-state index contributed by atoms with van der Waals surface area (Å²) < 4.78 is 66.9. The number of benzene rings is 2. The summed E-state index contributed by atoms with van der Waals surface area (Å²) in [5.74, 6) is -0.535. The highest BCUT2D eigenvalue weighted by atomic mass is 19.4. The molecule has 117 valence electrons. The molecule has 0 aliphatic heterocycles. The molecule has 0 saturated heterocycles. The Morgan fingerprint density at radius 3 is 2.00 bits per heavy atom. The molecule has 2 aromatic carbocycles. The van der Waals surface area contributed by atoms with Gasteiger partial charge in [-0.25, -0.2) is 0 Å². The summed E-state index contributed by atoms with van der Waals surface area (Å²) in [6, 6.07) is 12.0. The first-order valence-corrected chi connectivity index (χ1v) is 6.36. The molecule has 0 heterocycles. The van der Waals surface area contributed by atoms with Gasteiger partial charge in [0.05, 0.1) is 0 Å². The van der Waals surface area contributed by atoms with Crippen LogP contribution in [0.25, 0.3) is 11.1 Å². The van der Waals surface area contributed by atoms with Crippen molar-refractivity contribution in [3.05, 3.63) is 61.0 Å². The van der Waals surface area contributed by atoms with E-state index in [0.717, 1.165) is 11.6 Å². The summed E-state index contributed by atoms with van der Waals surface area (Å²) in [5.41, 5.74) is 1.55. The molecule has 0 amide bonds. The molecule has 0 saturated carbocycles. The van der Waals surface area contributed by atoms with Gasteiger partial charge in [0.1, 0.15) is 5.75 Å². The molecule has 2 aromatic rings. The first-order chi connectivity index (χ1) is 10.2. The minimum atomic E-state index is -5.78. The molecule has 6 heteroatoms. The Balaban J connectivity index is 2.38. The maximum atomic E-state index is 13.1. The van der Waals surface area contributed by atoms with E-state index >= 15 is 0 Å². The molecule has 0 aliphatic carbocycles. The third kappa shape index (κ3) is 3.37. The average Bonchev–Trinajstić information content (AvgIpc) is 2.46. The van der Waals surface area contributed by atoms with Crippen LogP contribution in [-0.4, -0.2) is 12.3 Å². The Morgan fingerprint density at radius 1 is 0.864 bits per heavy atom. The smallest absolute Gasteiger partial charge is 0.425 e. The van der Waals surface area contributed by atoms with Crippen LogP contribution in [0, 0.1) is 6.92 Å². The lowest BCUT2D eigenvalue weighted by atomic mass is 10.0. The third-order valence-corrected chi connectivity index (χ3v) is 3.01. The second kappa shape index (κ2) is 5.94. The highest BCUT2D eigenvalue weighted by Crippen LogP contribution is 2.40. The standard InChI is InChI=1S/C16H12F5O/c1-2-11-7-9-12(10-8-11)13-5-3-4-6-14(13)22-16(20,21)15(17,18)19/h3-10H,1-2H2. The van der Waals surface area contributed by atoms with E-state index in [2.05, 4.69) is 11.7 Å². The van der Waals surface area contributed by atoms with Crippen molar-refractivity contribution in [1.29, 1.82) is 0 Å². The summed E-state index contributed by atoms with van der Waals surface area (Å²) in [6.45, 7) is 3.70. The van der Waals surface area contributed by atoms with E-state index in [-0.39, 0.29) is 5.56 Å². The van der Waals surface area contributed by atoms with Gasteiger partial charge in [0, 0.05) is 5.56 Å². The SMILES string of the molecule is [CH2]Cc1ccc(-c2ccccc2OC(F)(F)C(F)(F)F)cc1. The van der Waals surface area contributed by atoms with Gasteiger partial charge in [0.25, 0.3) is 0 Å². The number of hydrogen-bond donors (Lipinski definition) is 0. The minimum absolute atomic E-state index is 0.155. The van der Waals surface area contributed by atoms with E-state index in [1.54, 1.807) is 24.3 Å². The molecule has 0 bridgehead atoms. The number of hydrogen-bond acceptors (Lipinski definition) is 1. The van der Waals surface area contributed by atoms with Gasteiger partial charge in [-0.05, 0) is 30.5 Å². The lowest BCUT2D eigenvalue weighted by Crippen LogP contribution is -2.42. The topological polar surface area (TPSA) is 9.23 Å². The lowest BCUT2D eigenvalue weighted by Gasteiger charge is -2.21. The molecule has 0 unspecified atom stereocenters. The second-order valence-electron chi connectivity index (χ2n) is 4.56. The Kier molecular flexibility index (Phi) is 4.39. The van der Waals surface area contributed by atoms with Crippen LogP contribution in [0.3, 0.4) is 0 Å². The van der Waals surface area contributed by atoms with Crippen molar-refractivity contribution in [2.45, 2.75) is 18.7 Å². The molecule has 1 nitrogen and oxygen atoms in total. The number of halogens is 5. The van der Waals surface area contributed by atoms with Gasteiger partial charge in [-0.1, -0.05) is 42.5 Å². The monoisotopic (exact) mass is 315 g/mol. The van der Waals surface area contributed by atoms with Crippen molar-refractivity contribution in [2.75, 3.05) is 0 Å². The predicted molar refractivity (Wildman–Crippen MR) is 72.6 cm³/mol. The van der Waals surface area contributed by atoms with Crippen LogP contribution in [0.2, 0.25) is 0 Å². The van der Waals surface area contributed by atoms with Gasteiger partial charge in [0.2, 0.25) is 0 Å². The maximum absolute atomic E-state index is 13.1. The molecular formula is C16H12F5O. The highest BCUT2D eigenvalue weighted by molar-refractivity contribution is 5.70. The third-order valence-electron chi connectivity index (χ3n) is 3.01. The van der Waals surface area contributed by atoms with Crippen molar-refractivity contribution in [1.82, 2.24) is 0 Å². The average molecular weight is 315 g/mol. The molecule has 2 rings (SSSR count). The zero-order chi connectivity index (χ0) is 16.4. The fourth-order valence-electron chi connectivity index (χ4n) is 1.84. The second-order valence-corrected chi connectivity index (χ2v) is 4.56. The molecule has 0 spiro atoms. The van der Waals surface area contributed by atoms with Crippen molar-refractivity contribution >= 4 is 0 Å². The van der Waals surface area contributed by atoms with Crippen molar-refractivity contribution in [3.8, 4) is 16.9 Å². The molecule has 0 fully saturated rings. The van der Waals surface area contributed by atoms with Crippen LogP contribution in [0.1, 0.15) is 5.56 Å². The van der Waals surface area contributed by atoms with Gasteiger partial charge in [-0.3, -0.25) is 0 Å². The zero-order valence-electron chi connectivity index (χ0n) is 11.3. The number of para-hydroxylation sites is 1.